The Hall–Kier alpha value is -1.29. The van der Waals surface area contributed by atoms with E-state index < -0.39 is 0 Å². The predicted octanol–water partition coefficient (Wildman–Crippen LogP) is 5.59. The summed E-state index contributed by atoms with van der Waals surface area (Å²) in [7, 11) is 0. The van der Waals surface area contributed by atoms with Gasteiger partial charge in [0.25, 0.3) is 0 Å². The molecule has 1 aromatic heterocycles. The summed E-state index contributed by atoms with van der Waals surface area (Å²) in [6.07, 6.45) is 8.56. The maximum absolute atomic E-state index is 5.94. The van der Waals surface area contributed by atoms with E-state index in [1.54, 1.807) is 0 Å². The molecule has 1 heterocycles. The molecule has 114 valence electrons. The van der Waals surface area contributed by atoms with Gasteiger partial charge in [0.1, 0.15) is 0 Å². The number of unbranched alkanes of at least 4 members (excludes halogenated alkanes) is 5. The molecule has 0 saturated carbocycles. The van der Waals surface area contributed by atoms with Crippen LogP contribution in [-0.4, -0.2) is 5.16 Å². The second kappa shape index (κ2) is 8.23. The molecule has 4 heteroatoms. The molecule has 0 unspecified atom stereocenters. The van der Waals surface area contributed by atoms with E-state index >= 15 is 0 Å². The van der Waals surface area contributed by atoms with Crippen molar-refractivity contribution in [2.45, 2.75) is 51.9 Å². The third kappa shape index (κ3) is 4.60. The number of anilines is 1. The molecule has 2 N–H and O–H groups in total. The van der Waals surface area contributed by atoms with Crippen molar-refractivity contribution in [1.82, 2.24) is 5.16 Å². The van der Waals surface area contributed by atoms with E-state index in [9.17, 15) is 0 Å². The fraction of sp³-hybridized carbons (Fsp3) is 0.471. The number of nitrogens with zero attached hydrogens (tertiary/aromatic N) is 1. The summed E-state index contributed by atoms with van der Waals surface area (Å²) in [6.45, 7) is 2.24. The number of aromatic nitrogens is 1. The molecule has 0 aliphatic heterocycles. The SMILES string of the molecule is CCCCCCCCc1noc(N)c1-c1ccc(Br)cc1. The molecule has 0 bridgehead atoms. The Kier molecular flexibility index (Phi) is 6.30. The van der Waals surface area contributed by atoms with Crippen molar-refractivity contribution in [2.24, 2.45) is 0 Å². The number of benzene rings is 1. The van der Waals surface area contributed by atoms with Gasteiger partial charge in [-0.15, -0.1) is 0 Å². The molecule has 2 rings (SSSR count). The Morgan fingerprint density at radius 3 is 2.43 bits per heavy atom. The summed E-state index contributed by atoms with van der Waals surface area (Å²) >= 11 is 3.45. The first-order chi connectivity index (χ1) is 10.2. The van der Waals surface area contributed by atoms with Gasteiger partial charge in [-0.2, -0.15) is 0 Å². The van der Waals surface area contributed by atoms with E-state index in [-0.39, 0.29) is 0 Å². The quantitative estimate of drug-likeness (QED) is 0.631. The van der Waals surface area contributed by atoms with E-state index in [0.29, 0.717) is 5.88 Å². The summed E-state index contributed by atoms with van der Waals surface area (Å²) < 4.78 is 6.25. The van der Waals surface area contributed by atoms with Crippen molar-refractivity contribution in [3.63, 3.8) is 0 Å². The van der Waals surface area contributed by atoms with E-state index in [2.05, 4.69) is 28.0 Å². The van der Waals surface area contributed by atoms with E-state index in [1.165, 1.54) is 32.1 Å². The topological polar surface area (TPSA) is 52.0 Å². The normalized spacial score (nSPS) is 11.0. The fourth-order valence-electron chi connectivity index (χ4n) is 2.51. The van der Waals surface area contributed by atoms with Gasteiger partial charge in [0.15, 0.2) is 0 Å². The molecule has 21 heavy (non-hydrogen) atoms. The number of hydrogen-bond donors (Lipinski definition) is 1. The average molecular weight is 351 g/mol. The lowest BCUT2D eigenvalue weighted by atomic mass is 10.0. The summed E-state index contributed by atoms with van der Waals surface area (Å²) in [6, 6.07) is 8.10. The number of aryl methyl sites for hydroxylation is 1. The van der Waals surface area contributed by atoms with Crippen LogP contribution in [0.2, 0.25) is 0 Å². The molecule has 0 amide bonds. The highest BCUT2D eigenvalue weighted by atomic mass is 79.9. The third-order valence-electron chi connectivity index (χ3n) is 3.69. The Bertz CT molecular complexity index is 548. The van der Waals surface area contributed by atoms with Gasteiger partial charge < -0.3 is 10.3 Å². The van der Waals surface area contributed by atoms with Crippen molar-refractivity contribution in [2.75, 3.05) is 5.73 Å². The molecule has 0 spiro atoms. The van der Waals surface area contributed by atoms with Gasteiger partial charge in [0, 0.05) is 4.47 Å². The molecular weight excluding hydrogens is 328 g/mol. The lowest BCUT2D eigenvalue weighted by molar-refractivity contribution is 0.425. The Labute approximate surface area is 135 Å². The lowest BCUT2D eigenvalue weighted by Gasteiger charge is -2.03. The summed E-state index contributed by atoms with van der Waals surface area (Å²) in [5, 5.41) is 4.14. The molecule has 1 aromatic carbocycles. The Balaban J connectivity index is 1.96. The number of halogens is 1. The highest BCUT2D eigenvalue weighted by Gasteiger charge is 2.15. The first-order valence-electron chi connectivity index (χ1n) is 7.72. The number of hydrogen-bond acceptors (Lipinski definition) is 3. The smallest absolute Gasteiger partial charge is 0.230 e. The van der Waals surface area contributed by atoms with Gasteiger partial charge in [-0.1, -0.05) is 72.2 Å². The van der Waals surface area contributed by atoms with Gasteiger partial charge in [-0.25, -0.2) is 0 Å². The van der Waals surface area contributed by atoms with Crippen LogP contribution in [0.4, 0.5) is 5.88 Å². The molecule has 0 atom stereocenters. The summed E-state index contributed by atoms with van der Waals surface area (Å²) in [5.74, 6) is 0.415. The zero-order chi connectivity index (χ0) is 15.1. The van der Waals surface area contributed by atoms with Crippen LogP contribution in [0.15, 0.2) is 33.3 Å². The second-order valence-electron chi connectivity index (χ2n) is 5.39. The maximum atomic E-state index is 5.94. The van der Waals surface area contributed by atoms with Crippen molar-refractivity contribution in [1.29, 1.82) is 0 Å². The minimum atomic E-state index is 0.415. The molecule has 0 saturated heterocycles. The maximum Gasteiger partial charge on any atom is 0.230 e. The summed E-state index contributed by atoms with van der Waals surface area (Å²) in [5.41, 5.74) is 8.94. The van der Waals surface area contributed by atoms with Crippen LogP contribution in [0.1, 0.15) is 51.1 Å². The van der Waals surface area contributed by atoms with E-state index in [0.717, 1.165) is 34.1 Å². The lowest BCUT2D eigenvalue weighted by Crippen LogP contribution is -1.92. The molecule has 3 nitrogen and oxygen atoms in total. The number of nitrogen functional groups attached to an aromatic ring is 1. The largest absolute Gasteiger partial charge is 0.367 e. The van der Waals surface area contributed by atoms with Crippen molar-refractivity contribution in [3.05, 3.63) is 34.4 Å². The Morgan fingerprint density at radius 1 is 1.05 bits per heavy atom. The monoisotopic (exact) mass is 350 g/mol. The van der Waals surface area contributed by atoms with Crippen molar-refractivity contribution >= 4 is 21.8 Å². The number of nitrogens with two attached hydrogens (primary N) is 1. The van der Waals surface area contributed by atoms with Crippen LogP contribution in [0.3, 0.4) is 0 Å². The van der Waals surface area contributed by atoms with Crippen LogP contribution < -0.4 is 5.73 Å². The van der Waals surface area contributed by atoms with Gasteiger partial charge in [-0.05, 0) is 30.5 Å². The molecule has 0 aliphatic rings. The molecular formula is C17H23BrN2O. The van der Waals surface area contributed by atoms with Gasteiger partial charge in [0.05, 0.1) is 11.3 Å². The first kappa shape index (κ1) is 16.1. The zero-order valence-corrected chi connectivity index (χ0v) is 14.2. The zero-order valence-electron chi connectivity index (χ0n) is 12.6. The van der Waals surface area contributed by atoms with Crippen LogP contribution in [0, 0.1) is 0 Å². The van der Waals surface area contributed by atoms with E-state index in [4.69, 9.17) is 10.3 Å². The second-order valence-corrected chi connectivity index (χ2v) is 6.31. The Morgan fingerprint density at radius 2 is 1.71 bits per heavy atom. The van der Waals surface area contributed by atoms with Crippen LogP contribution >= 0.6 is 15.9 Å². The first-order valence-corrected chi connectivity index (χ1v) is 8.51. The number of rotatable bonds is 8. The van der Waals surface area contributed by atoms with Gasteiger partial charge in [0.2, 0.25) is 5.88 Å². The molecule has 0 fully saturated rings. The standard InChI is InChI=1S/C17H23BrN2O/c1-2-3-4-5-6-7-8-15-16(17(19)21-20-15)13-9-11-14(18)12-10-13/h9-12H,2-8,19H2,1H3. The van der Waals surface area contributed by atoms with Crippen LogP contribution in [0.5, 0.6) is 0 Å². The van der Waals surface area contributed by atoms with Crippen molar-refractivity contribution in [3.8, 4) is 11.1 Å². The predicted molar refractivity (Wildman–Crippen MR) is 91.1 cm³/mol. The third-order valence-corrected chi connectivity index (χ3v) is 4.22. The van der Waals surface area contributed by atoms with Gasteiger partial charge >= 0.3 is 0 Å². The average Bonchev–Trinajstić information content (AvgIpc) is 2.85. The minimum absolute atomic E-state index is 0.415. The van der Waals surface area contributed by atoms with Crippen LogP contribution in [-0.2, 0) is 6.42 Å². The summed E-state index contributed by atoms with van der Waals surface area (Å²) in [4.78, 5) is 0. The van der Waals surface area contributed by atoms with Crippen LogP contribution in [0.25, 0.3) is 11.1 Å². The van der Waals surface area contributed by atoms with Gasteiger partial charge in [-0.3, -0.25) is 0 Å². The minimum Gasteiger partial charge on any atom is -0.367 e. The van der Waals surface area contributed by atoms with E-state index in [1.807, 2.05) is 24.3 Å². The molecule has 2 aromatic rings. The van der Waals surface area contributed by atoms with Crippen molar-refractivity contribution < 1.29 is 4.52 Å². The highest BCUT2D eigenvalue weighted by molar-refractivity contribution is 9.10. The fourth-order valence-corrected chi connectivity index (χ4v) is 2.77. The molecule has 0 aliphatic carbocycles. The molecule has 0 radical (unpaired) electrons. The highest BCUT2D eigenvalue weighted by Crippen LogP contribution is 2.31.